The van der Waals surface area contributed by atoms with E-state index in [1.165, 1.54) is 11.3 Å². The van der Waals surface area contributed by atoms with Crippen molar-refractivity contribution in [1.82, 2.24) is 9.97 Å². The average molecular weight is 387 g/mol. The minimum Gasteiger partial charge on any atom is -0.408 e. The number of aromatic amines is 1. The van der Waals surface area contributed by atoms with Gasteiger partial charge in [0.05, 0.1) is 11.2 Å². The van der Waals surface area contributed by atoms with Crippen molar-refractivity contribution in [3.05, 3.63) is 63.4 Å². The molecule has 0 fully saturated rings. The van der Waals surface area contributed by atoms with Crippen LogP contribution in [-0.4, -0.2) is 16.0 Å². The van der Waals surface area contributed by atoms with Crippen molar-refractivity contribution in [2.45, 2.75) is 0 Å². The van der Waals surface area contributed by atoms with Crippen molar-refractivity contribution in [3.63, 3.8) is 0 Å². The highest BCUT2D eigenvalue weighted by molar-refractivity contribution is 7.14. The lowest BCUT2D eigenvalue weighted by molar-refractivity contribution is 0.262. The molecule has 130 valence electrons. The first-order valence-corrected chi connectivity index (χ1v) is 8.75. The van der Waals surface area contributed by atoms with Gasteiger partial charge in [-0.3, -0.25) is 10.3 Å². The van der Waals surface area contributed by atoms with Gasteiger partial charge in [0.2, 0.25) is 0 Å². The van der Waals surface area contributed by atoms with Gasteiger partial charge in [0.25, 0.3) is 0 Å². The molecule has 0 bridgehead atoms. The lowest BCUT2D eigenvalue weighted by Crippen LogP contribution is -2.19. The number of H-pyrrole nitrogens is 1. The van der Waals surface area contributed by atoms with Crippen LogP contribution in [0.5, 0.6) is 0 Å². The molecule has 4 aromatic rings. The van der Waals surface area contributed by atoms with Gasteiger partial charge >= 0.3 is 11.8 Å². The molecule has 26 heavy (non-hydrogen) atoms. The third kappa shape index (κ3) is 3.46. The molecule has 0 aliphatic rings. The number of thiazole rings is 1. The van der Waals surface area contributed by atoms with Crippen LogP contribution in [0, 0.1) is 0 Å². The average Bonchev–Trinajstić information content (AvgIpc) is 3.21. The molecular formula is C17H11ClN4O3S. The third-order valence-corrected chi connectivity index (χ3v) is 4.55. The highest BCUT2D eigenvalue weighted by atomic mass is 35.5. The molecule has 2 amide bonds. The molecule has 2 aromatic carbocycles. The maximum atomic E-state index is 12.0. The maximum absolute atomic E-state index is 12.0. The first-order valence-electron chi connectivity index (χ1n) is 7.49. The molecule has 0 radical (unpaired) electrons. The molecule has 7 nitrogen and oxygen atoms in total. The Morgan fingerprint density at radius 1 is 1.15 bits per heavy atom. The number of benzene rings is 2. The molecule has 3 N–H and O–H groups in total. The zero-order chi connectivity index (χ0) is 18.1. The molecule has 0 saturated carbocycles. The quantitative estimate of drug-likeness (QED) is 0.481. The second-order valence-electron chi connectivity index (χ2n) is 5.35. The number of nitrogens with one attached hydrogen (secondary N) is 3. The smallest absolute Gasteiger partial charge is 0.408 e. The summed E-state index contributed by atoms with van der Waals surface area (Å²) >= 11 is 7.11. The number of carbonyl (C=O) groups is 1. The summed E-state index contributed by atoms with van der Waals surface area (Å²) in [6.07, 6.45) is 0. The predicted molar refractivity (Wildman–Crippen MR) is 102 cm³/mol. The molecule has 9 heteroatoms. The van der Waals surface area contributed by atoms with Crippen LogP contribution in [0.15, 0.2) is 57.1 Å². The van der Waals surface area contributed by atoms with E-state index in [0.717, 1.165) is 5.56 Å². The van der Waals surface area contributed by atoms with Gasteiger partial charge in [0, 0.05) is 21.7 Å². The summed E-state index contributed by atoms with van der Waals surface area (Å²) < 4.78 is 4.98. The molecule has 2 aromatic heterocycles. The Kier molecular flexibility index (Phi) is 4.19. The van der Waals surface area contributed by atoms with Gasteiger partial charge in [-0.1, -0.05) is 11.6 Å². The van der Waals surface area contributed by atoms with E-state index in [-0.39, 0.29) is 0 Å². The number of rotatable bonds is 3. The van der Waals surface area contributed by atoms with E-state index >= 15 is 0 Å². The summed E-state index contributed by atoms with van der Waals surface area (Å²) in [5.74, 6) is -0.503. The van der Waals surface area contributed by atoms with Crippen LogP contribution < -0.4 is 16.4 Å². The number of aromatic nitrogens is 2. The number of anilines is 2. The van der Waals surface area contributed by atoms with Crippen LogP contribution in [0.1, 0.15) is 0 Å². The fraction of sp³-hybridized carbons (Fsp3) is 0. The first kappa shape index (κ1) is 16.4. The van der Waals surface area contributed by atoms with Crippen molar-refractivity contribution in [1.29, 1.82) is 0 Å². The number of nitrogens with zero attached hydrogens (tertiary/aromatic N) is 1. The summed E-state index contributed by atoms with van der Waals surface area (Å²) in [6.45, 7) is 0. The minimum absolute atomic E-state index is 0.400. The van der Waals surface area contributed by atoms with Crippen LogP contribution in [0.2, 0.25) is 5.02 Å². The molecule has 0 spiro atoms. The van der Waals surface area contributed by atoms with Crippen molar-refractivity contribution in [2.75, 3.05) is 10.6 Å². The second-order valence-corrected chi connectivity index (χ2v) is 6.64. The minimum atomic E-state index is -0.503. The van der Waals surface area contributed by atoms with Crippen molar-refractivity contribution >= 4 is 50.9 Å². The van der Waals surface area contributed by atoms with E-state index in [1.807, 2.05) is 5.38 Å². The van der Waals surface area contributed by atoms with Crippen LogP contribution in [-0.2, 0) is 0 Å². The third-order valence-electron chi connectivity index (χ3n) is 3.54. The number of halogens is 1. The van der Waals surface area contributed by atoms with Crippen molar-refractivity contribution in [2.24, 2.45) is 0 Å². The number of oxazole rings is 1. The Bertz CT molecular complexity index is 1150. The number of fused-ring (bicyclic) bond motifs is 1. The Morgan fingerprint density at radius 2 is 1.96 bits per heavy atom. The van der Waals surface area contributed by atoms with Gasteiger partial charge in [0.15, 0.2) is 10.7 Å². The SMILES string of the molecule is O=C(Nc1ccc(Cl)cc1)Nc1nc(-c2ccc3oc(=O)[nH]c3c2)cs1. The van der Waals surface area contributed by atoms with Crippen LogP contribution >= 0.6 is 22.9 Å². The fourth-order valence-corrected chi connectivity index (χ4v) is 3.21. The van der Waals surface area contributed by atoms with E-state index in [2.05, 4.69) is 20.6 Å². The molecule has 0 unspecified atom stereocenters. The van der Waals surface area contributed by atoms with E-state index in [1.54, 1.807) is 42.5 Å². The van der Waals surface area contributed by atoms with Crippen LogP contribution in [0.25, 0.3) is 22.4 Å². The van der Waals surface area contributed by atoms with Crippen LogP contribution in [0.3, 0.4) is 0 Å². The lowest BCUT2D eigenvalue weighted by Gasteiger charge is -2.05. The summed E-state index contributed by atoms with van der Waals surface area (Å²) in [5.41, 5.74) is 3.18. The van der Waals surface area contributed by atoms with Gasteiger partial charge in [0.1, 0.15) is 0 Å². The maximum Gasteiger partial charge on any atom is 0.417 e. The molecule has 0 aliphatic heterocycles. The fourth-order valence-electron chi connectivity index (χ4n) is 2.37. The van der Waals surface area contributed by atoms with Gasteiger partial charge in [-0.2, -0.15) is 0 Å². The standard InChI is InChI=1S/C17H11ClN4O3S/c18-10-2-4-11(5-3-10)19-15(23)22-16-20-13(8-26-16)9-1-6-14-12(7-9)21-17(24)25-14/h1-8H,(H,21,24)(H2,19,20,22,23). The van der Waals surface area contributed by atoms with Gasteiger partial charge < -0.3 is 9.73 Å². The molecule has 0 aliphatic carbocycles. The number of hydrogen-bond acceptors (Lipinski definition) is 5. The summed E-state index contributed by atoms with van der Waals surface area (Å²) in [6, 6.07) is 11.7. The lowest BCUT2D eigenvalue weighted by atomic mass is 10.1. The van der Waals surface area contributed by atoms with E-state index < -0.39 is 11.8 Å². The van der Waals surface area contributed by atoms with Gasteiger partial charge in [-0.05, 0) is 42.5 Å². The van der Waals surface area contributed by atoms with E-state index in [0.29, 0.717) is 32.6 Å². The normalized spacial score (nSPS) is 10.8. The predicted octanol–water partition coefficient (Wildman–Crippen LogP) is 4.54. The first-order chi connectivity index (χ1) is 12.6. The number of amides is 2. The second kappa shape index (κ2) is 6.66. The number of urea groups is 1. The molecule has 2 heterocycles. The Labute approximate surface area is 155 Å². The van der Waals surface area contributed by atoms with Crippen molar-refractivity contribution in [3.8, 4) is 11.3 Å². The van der Waals surface area contributed by atoms with E-state index in [4.69, 9.17) is 16.0 Å². The Hall–Kier alpha value is -3.10. The van der Waals surface area contributed by atoms with Crippen LogP contribution in [0.4, 0.5) is 15.6 Å². The zero-order valence-electron chi connectivity index (χ0n) is 13.1. The molecule has 4 rings (SSSR count). The topological polar surface area (TPSA) is 100 Å². The monoisotopic (exact) mass is 386 g/mol. The zero-order valence-corrected chi connectivity index (χ0v) is 14.6. The summed E-state index contributed by atoms with van der Waals surface area (Å²) in [7, 11) is 0. The van der Waals surface area contributed by atoms with E-state index in [9.17, 15) is 9.59 Å². The molecular weight excluding hydrogens is 376 g/mol. The van der Waals surface area contributed by atoms with Gasteiger partial charge in [-0.15, -0.1) is 11.3 Å². The summed E-state index contributed by atoms with van der Waals surface area (Å²) in [5, 5.41) is 8.25. The largest absolute Gasteiger partial charge is 0.417 e. The molecule has 0 saturated heterocycles. The highest BCUT2D eigenvalue weighted by Crippen LogP contribution is 2.27. The molecule has 0 atom stereocenters. The highest BCUT2D eigenvalue weighted by Gasteiger charge is 2.10. The Morgan fingerprint density at radius 3 is 2.77 bits per heavy atom. The number of hydrogen-bond donors (Lipinski definition) is 3. The summed E-state index contributed by atoms with van der Waals surface area (Å²) in [4.78, 5) is 30.3. The Balaban J connectivity index is 1.48. The van der Waals surface area contributed by atoms with Crippen molar-refractivity contribution < 1.29 is 9.21 Å². The number of carbonyl (C=O) groups excluding carboxylic acids is 1. The van der Waals surface area contributed by atoms with Gasteiger partial charge in [-0.25, -0.2) is 14.6 Å².